The molecule has 76 valence electrons. The molecule has 0 aromatic heterocycles. The molecule has 0 aliphatic rings. The van der Waals surface area contributed by atoms with Gasteiger partial charge in [0.1, 0.15) is 0 Å². The highest BCUT2D eigenvalue weighted by molar-refractivity contribution is 5.89. The van der Waals surface area contributed by atoms with Crippen molar-refractivity contribution in [2.24, 2.45) is 0 Å². The fraction of sp³-hybridized carbons (Fsp3) is 0.364. The molecule has 0 saturated heterocycles. The SMILES string of the molecule is CCCCNC(=O)Nc1ccccc1. The number of urea groups is 1. The summed E-state index contributed by atoms with van der Waals surface area (Å²) in [4.78, 5) is 11.3. The predicted molar refractivity (Wildman–Crippen MR) is 58.4 cm³/mol. The fourth-order valence-corrected chi connectivity index (χ4v) is 1.08. The quantitative estimate of drug-likeness (QED) is 0.707. The molecule has 1 aromatic rings. The van der Waals surface area contributed by atoms with Gasteiger partial charge in [-0.25, -0.2) is 4.79 Å². The van der Waals surface area contributed by atoms with Gasteiger partial charge in [-0.15, -0.1) is 0 Å². The molecule has 2 N–H and O–H groups in total. The summed E-state index contributed by atoms with van der Waals surface area (Å²) >= 11 is 0. The number of hydrogen-bond donors (Lipinski definition) is 2. The fourth-order valence-electron chi connectivity index (χ4n) is 1.08. The number of para-hydroxylation sites is 1. The Morgan fingerprint density at radius 2 is 2.00 bits per heavy atom. The summed E-state index contributed by atoms with van der Waals surface area (Å²) in [7, 11) is 0. The molecular formula is C11H16N2O. The van der Waals surface area contributed by atoms with Gasteiger partial charge in [0.05, 0.1) is 0 Å². The minimum Gasteiger partial charge on any atom is -0.338 e. The van der Waals surface area contributed by atoms with Crippen molar-refractivity contribution < 1.29 is 4.79 Å². The Bertz CT molecular complexity index is 272. The molecule has 0 unspecified atom stereocenters. The molecule has 0 aliphatic heterocycles. The van der Waals surface area contributed by atoms with E-state index in [2.05, 4.69) is 17.6 Å². The summed E-state index contributed by atoms with van der Waals surface area (Å²) in [5.74, 6) is 0. The second-order valence-corrected chi connectivity index (χ2v) is 3.10. The zero-order valence-corrected chi connectivity index (χ0v) is 8.42. The van der Waals surface area contributed by atoms with Gasteiger partial charge in [-0.2, -0.15) is 0 Å². The molecule has 2 amide bonds. The number of benzene rings is 1. The number of rotatable bonds is 4. The third kappa shape index (κ3) is 3.94. The molecule has 0 fully saturated rings. The van der Waals surface area contributed by atoms with Crippen LogP contribution in [-0.2, 0) is 0 Å². The Balaban J connectivity index is 2.27. The van der Waals surface area contributed by atoms with E-state index in [1.807, 2.05) is 30.3 Å². The maximum atomic E-state index is 11.3. The van der Waals surface area contributed by atoms with Gasteiger partial charge in [-0.05, 0) is 18.6 Å². The molecule has 1 aromatic carbocycles. The normalized spacial score (nSPS) is 9.50. The third-order valence-electron chi connectivity index (χ3n) is 1.85. The van der Waals surface area contributed by atoms with Crippen molar-refractivity contribution in [1.82, 2.24) is 5.32 Å². The molecule has 3 nitrogen and oxygen atoms in total. The Hall–Kier alpha value is -1.51. The highest BCUT2D eigenvalue weighted by Gasteiger charge is 1.98. The van der Waals surface area contributed by atoms with E-state index >= 15 is 0 Å². The molecule has 0 atom stereocenters. The number of nitrogens with one attached hydrogen (secondary N) is 2. The molecule has 14 heavy (non-hydrogen) atoms. The zero-order valence-electron chi connectivity index (χ0n) is 8.42. The molecule has 1 rings (SSSR count). The van der Waals surface area contributed by atoms with Crippen molar-refractivity contribution >= 4 is 11.7 Å². The van der Waals surface area contributed by atoms with E-state index in [9.17, 15) is 4.79 Å². The van der Waals surface area contributed by atoms with Gasteiger partial charge in [0.15, 0.2) is 0 Å². The van der Waals surface area contributed by atoms with Crippen LogP contribution in [0, 0.1) is 0 Å². The van der Waals surface area contributed by atoms with Crippen molar-refractivity contribution in [3.8, 4) is 0 Å². The summed E-state index contributed by atoms with van der Waals surface area (Å²) in [6, 6.07) is 9.28. The van der Waals surface area contributed by atoms with Crippen molar-refractivity contribution in [2.45, 2.75) is 19.8 Å². The largest absolute Gasteiger partial charge is 0.338 e. The highest BCUT2D eigenvalue weighted by Crippen LogP contribution is 2.03. The van der Waals surface area contributed by atoms with Crippen LogP contribution in [0.1, 0.15) is 19.8 Å². The van der Waals surface area contributed by atoms with E-state index in [1.165, 1.54) is 0 Å². The Morgan fingerprint density at radius 3 is 2.64 bits per heavy atom. The van der Waals surface area contributed by atoms with Crippen LogP contribution >= 0.6 is 0 Å². The highest BCUT2D eigenvalue weighted by atomic mass is 16.2. The minimum atomic E-state index is -0.135. The molecule has 0 aliphatic carbocycles. The van der Waals surface area contributed by atoms with E-state index < -0.39 is 0 Å². The summed E-state index contributed by atoms with van der Waals surface area (Å²) in [5, 5.41) is 5.53. The van der Waals surface area contributed by atoms with Crippen LogP contribution in [0.4, 0.5) is 10.5 Å². The maximum absolute atomic E-state index is 11.3. The summed E-state index contributed by atoms with van der Waals surface area (Å²) in [6.07, 6.45) is 2.10. The average Bonchev–Trinajstić information content (AvgIpc) is 2.20. The van der Waals surface area contributed by atoms with Crippen molar-refractivity contribution in [3.63, 3.8) is 0 Å². The first-order valence-electron chi connectivity index (χ1n) is 4.93. The van der Waals surface area contributed by atoms with Crippen molar-refractivity contribution in [3.05, 3.63) is 30.3 Å². The molecule has 3 heteroatoms. The molecule has 0 heterocycles. The van der Waals surface area contributed by atoms with Crippen LogP contribution in [0.15, 0.2) is 30.3 Å². The topological polar surface area (TPSA) is 41.1 Å². The molecule has 0 radical (unpaired) electrons. The van der Waals surface area contributed by atoms with Gasteiger partial charge in [-0.3, -0.25) is 0 Å². The first-order chi connectivity index (χ1) is 6.83. The summed E-state index contributed by atoms with van der Waals surface area (Å²) < 4.78 is 0. The van der Waals surface area contributed by atoms with Crippen LogP contribution in [0.25, 0.3) is 0 Å². The average molecular weight is 192 g/mol. The van der Waals surface area contributed by atoms with Crippen LogP contribution in [0.5, 0.6) is 0 Å². The predicted octanol–water partition coefficient (Wildman–Crippen LogP) is 2.61. The number of carbonyl (C=O) groups is 1. The lowest BCUT2D eigenvalue weighted by atomic mass is 10.3. The summed E-state index contributed by atoms with van der Waals surface area (Å²) in [5.41, 5.74) is 0.821. The van der Waals surface area contributed by atoms with Gasteiger partial charge in [0.25, 0.3) is 0 Å². The van der Waals surface area contributed by atoms with Gasteiger partial charge in [-0.1, -0.05) is 31.5 Å². The van der Waals surface area contributed by atoms with E-state index in [0.717, 1.165) is 25.1 Å². The molecule has 0 saturated carbocycles. The number of carbonyl (C=O) groups excluding carboxylic acids is 1. The van der Waals surface area contributed by atoms with Crippen LogP contribution < -0.4 is 10.6 Å². The number of hydrogen-bond acceptors (Lipinski definition) is 1. The second-order valence-electron chi connectivity index (χ2n) is 3.10. The summed E-state index contributed by atoms with van der Waals surface area (Å²) in [6.45, 7) is 2.83. The molecule has 0 bridgehead atoms. The minimum absolute atomic E-state index is 0.135. The van der Waals surface area contributed by atoms with Gasteiger partial charge in [0, 0.05) is 12.2 Å². The first-order valence-corrected chi connectivity index (χ1v) is 4.93. The Labute approximate surface area is 84.5 Å². The lowest BCUT2D eigenvalue weighted by Gasteiger charge is -2.06. The van der Waals surface area contributed by atoms with Crippen LogP contribution in [-0.4, -0.2) is 12.6 Å². The van der Waals surface area contributed by atoms with Crippen LogP contribution in [0.2, 0.25) is 0 Å². The van der Waals surface area contributed by atoms with E-state index in [1.54, 1.807) is 0 Å². The van der Waals surface area contributed by atoms with E-state index in [-0.39, 0.29) is 6.03 Å². The number of amides is 2. The van der Waals surface area contributed by atoms with E-state index in [0.29, 0.717) is 0 Å². The van der Waals surface area contributed by atoms with Crippen LogP contribution in [0.3, 0.4) is 0 Å². The van der Waals surface area contributed by atoms with Crippen molar-refractivity contribution in [2.75, 3.05) is 11.9 Å². The Morgan fingerprint density at radius 1 is 1.29 bits per heavy atom. The standard InChI is InChI=1S/C11H16N2O/c1-2-3-9-12-11(14)13-10-7-5-4-6-8-10/h4-8H,2-3,9H2,1H3,(H2,12,13,14). The number of unbranched alkanes of at least 4 members (excludes halogenated alkanes) is 1. The maximum Gasteiger partial charge on any atom is 0.319 e. The number of anilines is 1. The first kappa shape index (κ1) is 10.6. The van der Waals surface area contributed by atoms with E-state index in [4.69, 9.17) is 0 Å². The third-order valence-corrected chi connectivity index (χ3v) is 1.85. The Kier molecular flexibility index (Phi) is 4.55. The lowest BCUT2D eigenvalue weighted by molar-refractivity contribution is 0.252. The van der Waals surface area contributed by atoms with Gasteiger partial charge in [0.2, 0.25) is 0 Å². The van der Waals surface area contributed by atoms with Gasteiger partial charge < -0.3 is 10.6 Å². The van der Waals surface area contributed by atoms with Gasteiger partial charge >= 0.3 is 6.03 Å². The lowest BCUT2D eigenvalue weighted by Crippen LogP contribution is -2.29. The molecular weight excluding hydrogens is 176 g/mol. The molecule has 0 spiro atoms. The second kappa shape index (κ2) is 6.02. The van der Waals surface area contributed by atoms with Crippen molar-refractivity contribution in [1.29, 1.82) is 0 Å². The zero-order chi connectivity index (χ0) is 10.2. The smallest absolute Gasteiger partial charge is 0.319 e. The monoisotopic (exact) mass is 192 g/mol.